The van der Waals surface area contributed by atoms with Crippen molar-refractivity contribution in [1.82, 2.24) is 10.2 Å². The first kappa shape index (κ1) is 20.7. The Morgan fingerprint density at radius 1 is 1.03 bits per heavy atom. The molecule has 1 aliphatic rings. The van der Waals surface area contributed by atoms with Crippen LogP contribution in [0.3, 0.4) is 0 Å². The first-order chi connectivity index (χ1) is 14.3. The van der Waals surface area contributed by atoms with Crippen LogP contribution in [0.15, 0.2) is 48.5 Å². The molecule has 9 nitrogen and oxygen atoms in total. The van der Waals surface area contributed by atoms with Gasteiger partial charge in [-0.15, -0.1) is 0 Å². The van der Waals surface area contributed by atoms with Gasteiger partial charge in [0, 0.05) is 6.54 Å². The van der Waals surface area contributed by atoms with Crippen molar-refractivity contribution in [2.75, 3.05) is 6.54 Å². The molecule has 2 aromatic rings. The maximum atomic E-state index is 12.7. The second kappa shape index (κ2) is 8.56. The molecule has 0 spiro atoms. The predicted molar refractivity (Wildman–Crippen MR) is 105 cm³/mol. The fraction of sp³-hybridized carbons (Fsp3) is 0.190. The third-order valence-electron chi connectivity index (χ3n) is 4.57. The molecular formula is C21H19N3O6. The third kappa shape index (κ3) is 4.35. The van der Waals surface area contributed by atoms with Gasteiger partial charge in [0.05, 0.1) is 16.7 Å². The Morgan fingerprint density at radius 2 is 1.70 bits per heavy atom. The molecule has 30 heavy (non-hydrogen) atoms. The fourth-order valence-corrected chi connectivity index (χ4v) is 3.01. The number of amides is 5. The lowest BCUT2D eigenvalue weighted by Crippen LogP contribution is -2.42. The molecule has 0 saturated heterocycles. The van der Waals surface area contributed by atoms with Crippen LogP contribution in [-0.2, 0) is 16.0 Å². The second-order valence-corrected chi connectivity index (χ2v) is 6.66. The Labute approximate surface area is 171 Å². The highest BCUT2D eigenvalue weighted by molar-refractivity contribution is 6.22. The molecule has 0 radical (unpaired) electrons. The third-order valence-corrected chi connectivity index (χ3v) is 4.57. The van der Waals surface area contributed by atoms with E-state index in [-0.39, 0.29) is 23.2 Å². The van der Waals surface area contributed by atoms with Crippen LogP contribution in [0.2, 0.25) is 0 Å². The topological polar surface area (TPSA) is 136 Å². The lowest BCUT2D eigenvalue weighted by molar-refractivity contribution is -0.127. The summed E-state index contributed by atoms with van der Waals surface area (Å²) >= 11 is 0. The minimum atomic E-state index is -1.28. The van der Waals surface area contributed by atoms with Crippen molar-refractivity contribution in [2.24, 2.45) is 5.73 Å². The van der Waals surface area contributed by atoms with E-state index in [1.54, 1.807) is 5.32 Å². The molecule has 2 aromatic carbocycles. The van der Waals surface area contributed by atoms with Crippen molar-refractivity contribution in [3.05, 3.63) is 70.8 Å². The number of hydrogen-bond acceptors (Lipinski definition) is 6. The highest BCUT2D eigenvalue weighted by Gasteiger charge is 2.36. The van der Waals surface area contributed by atoms with E-state index in [0.29, 0.717) is 6.42 Å². The van der Waals surface area contributed by atoms with Crippen molar-refractivity contribution in [3.63, 3.8) is 0 Å². The summed E-state index contributed by atoms with van der Waals surface area (Å²) in [6, 6.07) is 12.3. The monoisotopic (exact) mass is 409 g/mol. The normalized spacial score (nSPS) is 13.6. The number of rotatable bonds is 6. The first-order valence-electron chi connectivity index (χ1n) is 9.13. The zero-order chi connectivity index (χ0) is 21.8. The number of esters is 1. The summed E-state index contributed by atoms with van der Waals surface area (Å²) in [6.07, 6.45) is -0.772. The van der Waals surface area contributed by atoms with Crippen molar-refractivity contribution in [1.29, 1.82) is 0 Å². The maximum Gasteiger partial charge on any atom is 0.338 e. The average Bonchev–Trinajstić information content (AvgIpc) is 2.96. The molecule has 3 N–H and O–H groups in total. The average molecular weight is 409 g/mol. The SMILES string of the molecule is C[C@H](OC(=O)c1ccc2c(c1)C(=O)N(CCc1ccccc1)C2=O)C(=O)NC(N)=O. The van der Waals surface area contributed by atoms with Crippen molar-refractivity contribution in [2.45, 2.75) is 19.4 Å². The second-order valence-electron chi connectivity index (χ2n) is 6.66. The van der Waals surface area contributed by atoms with E-state index in [1.165, 1.54) is 25.1 Å². The van der Waals surface area contributed by atoms with Crippen LogP contribution < -0.4 is 11.1 Å². The van der Waals surface area contributed by atoms with Gasteiger partial charge in [0.2, 0.25) is 0 Å². The van der Waals surface area contributed by atoms with E-state index in [9.17, 15) is 24.0 Å². The zero-order valence-electron chi connectivity index (χ0n) is 16.1. The van der Waals surface area contributed by atoms with Gasteiger partial charge in [-0.1, -0.05) is 30.3 Å². The molecular weight excluding hydrogens is 390 g/mol. The summed E-state index contributed by atoms with van der Waals surface area (Å²) in [7, 11) is 0. The standard InChI is InChI=1S/C21H19N3O6/c1-12(17(25)23-21(22)29)30-20(28)14-7-8-15-16(11-14)19(27)24(18(15)26)10-9-13-5-3-2-4-6-13/h2-8,11-12H,9-10H2,1H3,(H3,22,23,25,29)/t12-/m0/s1. The number of ether oxygens (including phenoxy) is 1. The minimum Gasteiger partial charge on any atom is -0.449 e. The van der Waals surface area contributed by atoms with Gasteiger partial charge < -0.3 is 10.5 Å². The molecule has 3 rings (SSSR count). The Balaban J connectivity index is 1.70. The van der Waals surface area contributed by atoms with Crippen molar-refractivity contribution < 1.29 is 28.7 Å². The van der Waals surface area contributed by atoms with Crippen LogP contribution in [-0.4, -0.2) is 47.3 Å². The molecule has 0 unspecified atom stereocenters. The molecule has 0 aromatic heterocycles. The number of benzene rings is 2. The lowest BCUT2D eigenvalue weighted by Gasteiger charge is -2.13. The molecule has 5 amide bonds. The molecule has 1 aliphatic heterocycles. The number of hydrogen-bond donors (Lipinski definition) is 2. The van der Waals surface area contributed by atoms with Gasteiger partial charge in [0.25, 0.3) is 17.7 Å². The molecule has 0 fully saturated rings. The quantitative estimate of drug-likeness (QED) is 0.545. The summed E-state index contributed by atoms with van der Waals surface area (Å²) in [5.74, 6) is -2.69. The molecule has 1 atom stereocenters. The number of nitrogens with zero attached hydrogens (tertiary/aromatic N) is 1. The number of carbonyl (C=O) groups is 5. The zero-order valence-corrected chi connectivity index (χ0v) is 16.1. The van der Waals surface area contributed by atoms with Crippen molar-refractivity contribution in [3.8, 4) is 0 Å². The van der Waals surface area contributed by atoms with E-state index in [0.717, 1.165) is 10.5 Å². The summed E-state index contributed by atoms with van der Waals surface area (Å²) in [6.45, 7) is 1.48. The number of fused-ring (bicyclic) bond motifs is 1. The van der Waals surface area contributed by atoms with Gasteiger partial charge in [-0.25, -0.2) is 9.59 Å². The van der Waals surface area contributed by atoms with Crippen molar-refractivity contribution >= 4 is 29.7 Å². The highest BCUT2D eigenvalue weighted by Crippen LogP contribution is 2.25. The maximum absolute atomic E-state index is 12.7. The summed E-state index contributed by atoms with van der Waals surface area (Å²) in [5.41, 5.74) is 6.13. The molecule has 0 aliphatic carbocycles. The van der Waals surface area contributed by atoms with Gasteiger partial charge in [0.1, 0.15) is 0 Å². The van der Waals surface area contributed by atoms with Gasteiger partial charge in [-0.3, -0.25) is 24.6 Å². The van der Waals surface area contributed by atoms with Crippen LogP contribution in [0.25, 0.3) is 0 Å². The summed E-state index contributed by atoms with van der Waals surface area (Å²) in [4.78, 5) is 61.1. The van der Waals surface area contributed by atoms with Gasteiger partial charge in [-0.2, -0.15) is 0 Å². The Kier molecular flexibility index (Phi) is 5.91. The van der Waals surface area contributed by atoms with E-state index in [4.69, 9.17) is 10.5 Å². The number of primary amides is 1. The van der Waals surface area contributed by atoms with Crippen LogP contribution in [0, 0.1) is 0 Å². The molecule has 9 heteroatoms. The molecule has 1 heterocycles. The first-order valence-corrected chi connectivity index (χ1v) is 9.13. The number of imide groups is 2. The van der Waals surface area contributed by atoms with Crippen LogP contribution in [0.4, 0.5) is 4.79 Å². The Morgan fingerprint density at radius 3 is 2.37 bits per heavy atom. The molecule has 0 bridgehead atoms. The van der Waals surface area contributed by atoms with Gasteiger partial charge in [-0.05, 0) is 37.1 Å². The lowest BCUT2D eigenvalue weighted by atomic mass is 10.1. The summed E-state index contributed by atoms with van der Waals surface area (Å²) in [5, 5.41) is 1.80. The van der Waals surface area contributed by atoms with E-state index in [1.807, 2.05) is 30.3 Å². The van der Waals surface area contributed by atoms with Crippen LogP contribution in [0.1, 0.15) is 43.6 Å². The van der Waals surface area contributed by atoms with Gasteiger partial charge in [0.15, 0.2) is 6.10 Å². The minimum absolute atomic E-state index is 0.00136. The van der Waals surface area contributed by atoms with E-state index >= 15 is 0 Å². The molecule has 154 valence electrons. The number of nitrogens with two attached hydrogens (primary N) is 1. The number of urea groups is 1. The fourth-order valence-electron chi connectivity index (χ4n) is 3.01. The van der Waals surface area contributed by atoms with E-state index in [2.05, 4.69) is 0 Å². The van der Waals surface area contributed by atoms with Gasteiger partial charge >= 0.3 is 12.0 Å². The Bertz CT molecular complexity index is 1030. The Hall–Kier alpha value is -4.01. The smallest absolute Gasteiger partial charge is 0.338 e. The number of nitrogens with one attached hydrogen (secondary N) is 1. The predicted octanol–water partition coefficient (Wildman–Crippen LogP) is 1.27. The van der Waals surface area contributed by atoms with Crippen LogP contribution in [0.5, 0.6) is 0 Å². The summed E-state index contributed by atoms with van der Waals surface area (Å²) < 4.78 is 4.98. The number of carbonyl (C=O) groups excluding carboxylic acids is 5. The van der Waals surface area contributed by atoms with E-state index < -0.39 is 35.8 Å². The van der Waals surface area contributed by atoms with Crippen LogP contribution >= 0.6 is 0 Å². The molecule has 0 saturated carbocycles. The highest BCUT2D eigenvalue weighted by atomic mass is 16.5. The largest absolute Gasteiger partial charge is 0.449 e.